The van der Waals surface area contributed by atoms with Crippen LogP contribution in [-0.4, -0.2) is 63.7 Å². The van der Waals surface area contributed by atoms with E-state index in [1.54, 1.807) is 22.4 Å². The van der Waals surface area contributed by atoms with Crippen molar-refractivity contribution in [3.63, 3.8) is 0 Å². The monoisotopic (exact) mass is 443 g/mol. The molecule has 0 aromatic carbocycles. The standard InChI is InChI=1S/C22H29N5O3S/c1-14-24-25-19(31-14)16-6-10-23-13-18(16)26-11-7-15(8-12-26)20(28)27-17(21(29)30-4)5-9-22(27,2)3/h6,10,13,15,17H,5,7-9,11-12H2,1-4H3/t17-/m0/s1. The Labute approximate surface area is 186 Å². The van der Waals surface area contributed by atoms with Gasteiger partial charge in [-0.25, -0.2) is 4.79 Å². The van der Waals surface area contributed by atoms with Crippen LogP contribution in [-0.2, 0) is 14.3 Å². The highest BCUT2D eigenvalue weighted by Gasteiger charge is 2.48. The van der Waals surface area contributed by atoms with Gasteiger partial charge in [-0.1, -0.05) is 11.3 Å². The lowest BCUT2D eigenvalue weighted by Crippen LogP contribution is -2.53. The summed E-state index contributed by atoms with van der Waals surface area (Å²) in [6, 6.07) is 1.50. The average molecular weight is 444 g/mol. The number of rotatable bonds is 4. The van der Waals surface area contributed by atoms with Crippen LogP contribution in [0.15, 0.2) is 18.5 Å². The lowest BCUT2D eigenvalue weighted by Gasteiger charge is -2.40. The number of ether oxygens (including phenoxy) is 1. The summed E-state index contributed by atoms with van der Waals surface area (Å²) in [4.78, 5) is 34.1. The van der Waals surface area contributed by atoms with Gasteiger partial charge in [-0.05, 0) is 52.5 Å². The Morgan fingerprint density at radius 2 is 1.94 bits per heavy atom. The minimum absolute atomic E-state index is 0.0729. The Balaban J connectivity index is 1.48. The SMILES string of the molecule is COC(=O)[C@@H]1CCC(C)(C)N1C(=O)C1CCN(c2cnccc2-c2nnc(C)s2)CC1. The van der Waals surface area contributed by atoms with Gasteiger partial charge in [0.25, 0.3) is 0 Å². The summed E-state index contributed by atoms with van der Waals surface area (Å²) in [5.41, 5.74) is 1.72. The number of hydrogen-bond acceptors (Lipinski definition) is 8. The van der Waals surface area contributed by atoms with Crippen LogP contribution in [0, 0.1) is 12.8 Å². The van der Waals surface area contributed by atoms with Crippen molar-refractivity contribution in [2.45, 2.75) is 58.0 Å². The molecule has 2 fully saturated rings. The van der Waals surface area contributed by atoms with Gasteiger partial charge in [-0.15, -0.1) is 10.2 Å². The first-order valence-electron chi connectivity index (χ1n) is 10.7. The predicted octanol–water partition coefficient (Wildman–Crippen LogP) is 3.07. The smallest absolute Gasteiger partial charge is 0.328 e. The molecule has 9 heteroatoms. The molecule has 0 radical (unpaired) electrons. The molecule has 0 bridgehead atoms. The van der Waals surface area contributed by atoms with E-state index in [0.29, 0.717) is 6.42 Å². The van der Waals surface area contributed by atoms with Gasteiger partial charge >= 0.3 is 5.97 Å². The molecular formula is C22H29N5O3S. The molecule has 0 N–H and O–H groups in total. The number of esters is 1. The van der Waals surface area contributed by atoms with E-state index in [-0.39, 0.29) is 23.3 Å². The first-order valence-corrected chi connectivity index (χ1v) is 11.5. The highest BCUT2D eigenvalue weighted by molar-refractivity contribution is 7.14. The van der Waals surface area contributed by atoms with Crippen LogP contribution in [0.25, 0.3) is 10.6 Å². The van der Waals surface area contributed by atoms with Crippen LogP contribution in [0.4, 0.5) is 5.69 Å². The summed E-state index contributed by atoms with van der Waals surface area (Å²) in [6.45, 7) is 7.53. The summed E-state index contributed by atoms with van der Waals surface area (Å²) in [6.07, 6.45) is 6.58. The fraction of sp³-hybridized carbons (Fsp3) is 0.591. The summed E-state index contributed by atoms with van der Waals surface area (Å²) < 4.78 is 4.97. The molecule has 166 valence electrons. The number of pyridine rings is 1. The van der Waals surface area contributed by atoms with Gasteiger partial charge in [0.05, 0.1) is 19.0 Å². The molecule has 0 saturated carbocycles. The second kappa shape index (κ2) is 8.53. The van der Waals surface area contributed by atoms with Crippen LogP contribution < -0.4 is 4.90 Å². The minimum Gasteiger partial charge on any atom is -0.467 e. The van der Waals surface area contributed by atoms with Gasteiger partial charge in [0.1, 0.15) is 16.1 Å². The van der Waals surface area contributed by atoms with Crippen molar-refractivity contribution in [3.8, 4) is 10.6 Å². The minimum atomic E-state index is -0.476. The predicted molar refractivity (Wildman–Crippen MR) is 119 cm³/mol. The summed E-state index contributed by atoms with van der Waals surface area (Å²) >= 11 is 1.56. The molecule has 1 atom stereocenters. The summed E-state index contributed by atoms with van der Waals surface area (Å²) in [7, 11) is 1.39. The molecule has 2 aliphatic rings. The van der Waals surface area contributed by atoms with Crippen LogP contribution >= 0.6 is 11.3 Å². The summed E-state index contributed by atoms with van der Waals surface area (Å²) in [5.74, 6) is -0.336. The van der Waals surface area contributed by atoms with Gasteiger partial charge in [0, 0.05) is 36.3 Å². The Hall–Kier alpha value is -2.55. The molecule has 0 spiro atoms. The Kier molecular flexibility index (Phi) is 5.96. The van der Waals surface area contributed by atoms with Crippen LogP contribution in [0.1, 0.15) is 44.5 Å². The van der Waals surface area contributed by atoms with Crippen molar-refractivity contribution in [1.82, 2.24) is 20.1 Å². The Bertz CT molecular complexity index is 968. The van der Waals surface area contributed by atoms with Gasteiger partial charge in [-0.3, -0.25) is 9.78 Å². The summed E-state index contributed by atoms with van der Waals surface area (Å²) in [5, 5.41) is 10.2. The molecular weight excluding hydrogens is 414 g/mol. The van der Waals surface area contributed by atoms with E-state index in [1.807, 2.05) is 33.0 Å². The Morgan fingerprint density at radius 3 is 2.58 bits per heavy atom. The van der Waals surface area contributed by atoms with Gasteiger partial charge < -0.3 is 14.5 Å². The van der Waals surface area contributed by atoms with Crippen molar-refractivity contribution in [2.75, 3.05) is 25.1 Å². The Morgan fingerprint density at radius 1 is 1.19 bits per heavy atom. The lowest BCUT2D eigenvalue weighted by molar-refractivity contribution is -0.156. The quantitative estimate of drug-likeness (QED) is 0.671. The van der Waals surface area contributed by atoms with Gasteiger partial charge in [0.15, 0.2) is 0 Å². The zero-order valence-electron chi connectivity index (χ0n) is 18.5. The number of likely N-dealkylation sites (tertiary alicyclic amines) is 1. The third kappa shape index (κ3) is 4.15. The molecule has 8 nitrogen and oxygen atoms in total. The number of aromatic nitrogens is 3. The van der Waals surface area contributed by atoms with E-state index in [9.17, 15) is 9.59 Å². The molecule has 31 heavy (non-hydrogen) atoms. The number of piperidine rings is 1. The largest absolute Gasteiger partial charge is 0.467 e. The average Bonchev–Trinajstić information content (AvgIpc) is 3.35. The first kappa shape index (κ1) is 21.7. The van der Waals surface area contributed by atoms with E-state index in [0.717, 1.165) is 53.6 Å². The molecule has 1 amide bonds. The molecule has 2 aromatic heterocycles. The van der Waals surface area contributed by atoms with Crippen molar-refractivity contribution < 1.29 is 14.3 Å². The third-order valence-electron chi connectivity index (χ3n) is 6.45. The lowest BCUT2D eigenvalue weighted by atomic mass is 9.92. The van der Waals surface area contributed by atoms with Crippen LogP contribution in [0.2, 0.25) is 0 Å². The zero-order chi connectivity index (χ0) is 22.2. The van der Waals surface area contributed by atoms with E-state index < -0.39 is 6.04 Å². The number of hydrogen-bond donors (Lipinski definition) is 0. The molecule has 2 aromatic rings. The number of nitrogens with zero attached hydrogens (tertiary/aromatic N) is 5. The fourth-order valence-corrected chi connectivity index (χ4v) is 5.49. The van der Waals surface area contributed by atoms with Crippen LogP contribution in [0.5, 0.6) is 0 Å². The zero-order valence-corrected chi connectivity index (χ0v) is 19.3. The maximum Gasteiger partial charge on any atom is 0.328 e. The van der Waals surface area contributed by atoms with Crippen molar-refractivity contribution in [3.05, 3.63) is 23.5 Å². The number of carbonyl (C=O) groups excluding carboxylic acids is 2. The maximum atomic E-state index is 13.5. The molecule has 0 aliphatic carbocycles. The first-order chi connectivity index (χ1) is 14.8. The van der Waals surface area contributed by atoms with Crippen molar-refractivity contribution in [1.29, 1.82) is 0 Å². The topological polar surface area (TPSA) is 88.5 Å². The number of carbonyl (C=O) groups is 2. The maximum absolute atomic E-state index is 13.5. The second-order valence-corrected chi connectivity index (χ2v) is 10.1. The van der Waals surface area contributed by atoms with E-state index in [2.05, 4.69) is 20.1 Å². The number of amides is 1. The molecule has 2 saturated heterocycles. The highest BCUT2D eigenvalue weighted by atomic mass is 32.1. The molecule has 2 aliphatic heterocycles. The van der Waals surface area contributed by atoms with E-state index in [4.69, 9.17) is 4.74 Å². The van der Waals surface area contributed by atoms with Gasteiger partial charge in [0.2, 0.25) is 5.91 Å². The van der Waals surface area contributed by atoms with Crippen LogP contribution in [0.3, 0.4) is 0 Å². The normalized spacial score (nSPS) is 21.4. The molecule has 4 rings (SSSR count). The van der Waals surface area contributed by atoms with Gasteiger partial charge in [-0.2, -0.15) is 0 Å². The van der Waals surface area contributed by atoms with Crippen molar-refractivity contribution >= 4 is 28.9 Å². The molecule has 0 unspecified atom stereocenters. The second-order valence-electron chi connectivity index (χ2n) is 8.88. The van der Waals surface area contributed by atoms with E-state index in [1.165, 1.54) is 7.11 Å². The number of methoxy groups -OCH3 is 1. The highest BCUT2D eigenvalue weighted by Crippen LogP contribution is 2.38. The third-order valence-corrected chi connectivity index (χ3v) is 7.32. The number of anilines is 1. The van der Waals surface area contributed by atoms with Crippen molar-refractivity contribution in [2.24, 2.45) is 5.92 Å². The number of aryl methyl sites for hydroxylation is 1. The fourth-order valence-electron chi connectivity index (χ4n) is 4.76. The molecule has 4 heterocycles. The van der Waals surface area contributed by atoms with E-state index >= 15 is 0 Å².